The van der Waals surface area contributed by atoms with E-state index in [1.165, 1.54) is 0 Å². The second-order valence-corrected chi connectivity index (χ2v) is 6.85. The lowest BCUT2D eigenvalue weighted by Crippen LogP contribution is -2.24. The molecule has 1 saturated heterocycles. The molecule has 0 aliphatic carbocycles. The summed E-state index contributed by atoms with van der Waals surface area (Å²) in [5, 5.41) is 0. The Hall–Kier alpha value is -0.260. The first-order valence-electron chi connectivity index (χ1n) is 6.52. The van der Waals surface area contributed by atoms with E-state index in [9.17, 15) is 9.36 Å². The van der Waals surface area contributed by atoms with Crippen molar-refractivity contribution in [2.24, 2.45) is 0 Å². The lowest BCUT2D eigenvalue weighted by molar-refractivity contribution is -0.141. The van der Waals surface area contributed by atoms with Crippen LogP contribution in [0.2, 0.25) is 0 Å². The Labute approximate surface area is 114 Å². The zero-order valence-electron chi connectivity index (χ0n) is 12.0. The van der Waals surface area contributed by atoms with E-state index in [1.54, 1.807) is 27.7 Å². The zero-order valence-corrected chi connectivity index (χ0v) is 12.9. The predicted molar refractivity (Wildman–Crippen MR) is 70.3 cm³/mol. The summed E-state index contributed by atoms with van der Waals surface area (Å²) in [4.78, 5) is 11.9. The van der Waals surface area contributed by atoms with Crippen LogP contribution in [-0.4, -0.2) is 43.7 Å². The molecule has 7 heteroatoms. The number of rotatable bonds is 8. The third-order valence-electron chi connectivity index (χ3n) is 2.54. The van der Waals surface area contributed by atoms with E-state index >= 15 is 0 Å². The molecule has 0 unspecified atom stereocenters. The second kappa shape index (κ2) is 6.95. The Morgan fingerprint density at radius 1 is 1.32 bits per heavy atom. The minimum atomic E-state index is -3.31. The van der Waals surface area contributed by atoms with Gasteiger partial charge in [-0.1, -0.05) is 0 Å². The van der Waals surface area contributed by atoms with Crippen molar-refractivity contribution in [2.45, 2.75) is 46.0 Å². The first kappa shape index (κ1) is 16.8. The summed E-state index contributed by atoms with van der Waals surface area (Å²) >= 11 is 0. The fourth-order valence-corrected chi connectivity index (χ4v) is 3.53. The number of hydrogen-bond acceptors (Lipinski definition) is 6. The first-order valence-corrected chi connectivity index (χ1v) is 8.24. The van der Waals surface area contributed by atoms with Gasteiger partial charge in [0.05, 0.1) is 25.9 Å². The molecule has 0 bridgehead atoms. The van der Waals surface area contributed by atoms with Crippen molar-refractivity contribution >= 4 is 13.4 Å². The maximum atomic E-state index is 12.2. The van der Waals surface area contributed by atoms with Gasteiger partial charge in [0.1, 0.15) is 11.9 Å². The quantitative estimate of drug-likeness (QED) is 0.640. The van der Waals surface area contributed by atoms with Crippen molar-refractivity contribution in [3.63, 3.8) is 0 Å². The molecule has 0 N–H and O–H groups in total. The molecule has 1 aliphatic rings. The van der Waals surface area contributed by atoms with Crippen molar-refractivity contribution in [3.8, 4) is 0 Å². The first-order chi connectivity index (χ1) is 8.80. The van der Waals surface area contributed by atoms with E-state index < -0.39 is 13.4 Å². The predicted octanol–water partition coefficient (Wildman–Crippen LogP) is 2.36. The molecule has 0 amide bonds. The standard InChI is InChI=1S/C12H23O6P/c1-5-16-19(14,17-6-2)9-10(13)7-11-8-15-12(3,4)18-11/h11H,5-9H2,1-4H3/t11-/m0/s1. The van der Waals surface area contributed by atoms with Crippen LogP contribution in [0, 0.1) is 0 Å². The van der Waals surface area contributed by atoms with E-state index in [0.717, 1.165) is 0 Å². The van der Waals surface area contributed by atoms with Gasteiger partial charge in [-0.2, -0.15) is 0 Å². The molecule has 19 heavy (non-hydrogen) atoms. The van der Waals surface area contributed by atoms with Gasteiger partial charge < -0.3 is 18.5 Å². The summed E-state index contributed by atoms with van der Waals surface area (Å²) < 4.78 is 33.3. The van der Waals surface area contributed by atoms with E-state index in [2.05, 4.69) is 0 Å². The molecule has 0 aromatic carbocycles. The normalized spacial score (nSPS) is 22.6. The lowest BCUT2D eigenvalue weighted by atomic mass is 10.2. The fraction of sp³-hybridized carbons (Fsp3) is 0.917. The van der Waals surface area contributed by atoms with Crippen LogP contribution in [-0.2, 0) is 27.9 Å². The second-order valence-electron chi connectivity index (χ2n) is 4.80. The molecule has 0 aromatic heterocycles. The highest BCUT2D eigenvalue weighted by molar-refractivity contribution is 7.54. The summed E-state index contributed by atoms with van der Waals surface area (Å²) in [7, 11) is -3.31. The minimum absolute atomic E-state index is 0.160. The third-order valence-corrected chi connectivity index (χ3v) is 4.59. The van der Waals surface area contributed by atoms with Crippen LogP contribution < -0.4 is 0 Å². The van der Waals surface area contributed by atoms with Crippen LogP contribution in [0.4, 0.5) is 0 Å². The largest absolute Gasteiger partial charge is 0.348 e. The number of carbonyl (C=O) groups excluding carboxylic acids is 1. The van der Waals surface area contributed by atoms with Gasteiger partial charge in [0.25, 0.3) is 0 Å². The van der Waals surface area contributed by atoms with E-state index in [0.29, 0.717) is 6.61 Å². The number of ether oxygens (including phenoxy) is 2. The maximum Gasteiger partial charge on any atom is 0.338 e. The smallest absolute Gasteiger partial charge is 0.338 e. The number of Topliss-reactive ketones (excluding diaryl/α,β-unsaturated/α-hetero) is 1. The van der Waals surface area contributed by atoms with Crippen LogP contribution in [0.25, 0.3) is 0 Å². The maximum absolute atomic E-state index is 12.2. The van der Waals surface area contributed by atoms with Gasteiger partial charge in [-0.15, -0.1) is 0 Å². The van der Waals surface area contributed by atoms with Gasteiger partial charge in [-0.05, 0) is 27.7 Å². The molecule has 112 valence electrons. The van der Waals surface area contributed by atoms with E-state index in [4.69, 9.17) is 18.5 Å². The Morgan fingerprint density at radius 2 is 1.89 bits per heavy atom. The van der Waals surface area contributed by atoms with Crippen molar-refractivity contribution in [2.75, 3.05) is 26.0 Å². The van der Waals surface area contributed by atoms with Crippen LogP contribution in [0.1, 0.15) is 34.1 Å². The average Bonchev–Trinajstić information content (AvgIpc) is 2.57. The SMILES string of the molecule is CCOP(=O)(CC(=O)C[C@H]1COC(C)(C)O1)OCC. The molecule has 1 heterocycles. The number of ketones is 1. The van der Waals surface area contributed by atoms with Crippen molar-refractivity contribution in [1.82, 2.24) is 0 Å². The molecular formula is C12H23O6P. The molecule has 1 atom stereocenters. The fourth-order valence-electron chi connectivity index (χ4n) is 1.92. The molecule has 1 aliphatic heterocycles. The molecular weight excluding hydrogens is 271 g/mol. The summed E-state index contributed by atoms with van der Waals surface area (Å²) in [6.45, 7) is 7.89. The molecule has 1 rings (SSSR count). The number of carbonyl (C=O) groups is 1. The molecule has 6 nitrogen and oxygen atoms in total. The molecule has 1 fully saturated rings. The van der Waals surface area contributed by atoms with Crippen molar-refractivity contribution in [1.29, 1.82) is 0 Å². The Kier molecular flexibility index (Phi) is 6.15. The third kappa shape index (κ3) is 5.71. The van der Waals surface area contributed by atoms with Gasteiger partial charge in [-0.3, -0.25) is 9.36 Å². The van der Waals surface area contributed by atoms with Gasteiger partial charge in [-0.25, -0.2) is 0 Å². The van der Waals surface area contributed by atoms with Gasteiger partial charge in [0, 0.05) is 6.42 Å². The van der Waals surface area contributed by atoms with Gasteiger partial charge in [0.2, 0.25) is 0 Å². The van der Waals surface area contributed by atoms with E-state index in [-0.39, 0.29) is 37.7 Å². The average molecular weight is 294 g/mol. The highest BCUT2D eigenvalue weighted by atomic mass is 31.2. The summed E-state index contributed by atoms with van der Waals surface area (Å²) in [5.41, 5.74) is 0. The Morgan fingerprint density at radius 3 is 2.32 bits per heavy atom. The van der Waals surface area contributed by atoms with Gasteiger partial charge in [0.15, 0.2) is 5.79 Å². The summed E-state index contributed by atoms with van der Waals surface area (Å²) in [6, 6.07) is 0. The Balaban J connectivity index is 2.47. The van der Waals surface area contributed by atoms with Crippen molar-refractivity contribution < 1.29 is 27.9 Å². The zero-order chi connectivity index (χ0) is 14.5. The topological polar surface area (TPSA) is 71.1 Å². The van der Waals surface area contributed by atoms with Crippen LogP contribution in [0.5, 0.6) is 0 Å². The van der Waals surface area contributed by atoms with Crippen LogP contribution >= 0.6 is 7.60 Å². The van der Waals surface area contributed by atoms with Crippen molar-refractivity contribution in [3.05, 3.63) is 0 Å². The molecule has 0 saturated carbocycles. The molecule has 0 radical (unpaired) electrons. The van der Waals surface area contributed by atoms with Gasteiger partial charge >= 0.3 is 7.60 Å². The minimum Gasteiger partial charge on any atom is -0.348 e. The number of hydrogen-bond donors (Lipinski definition) is 0. The Bertz CT molecular complexity index is 344. The summed E-state index contributed by atoms with van der Waals surface area (Å²) in [6.07, 6.45) is -0.345. The molecule has 0 aromatic rings. The van der Waals surface area contributed by atoms with Crippen LogP contribution in [0.3, 0.4) is 0 Å². The van der Waals surface area contributed by atoms with Crippen LogP contribution in [0.15, 0.2) is 0 Å². The van der Waals surface area contributed by atoms with E-state index in [1.807, 2.05) is 0 Å². The highest BCUT2D eigenvalue weighted by Gasteiger charge is 2.35. The highest BCUT2D eigenvalue weighted by Crippen LogP contribution is 2.48. The summed E-state index contributed by atoms with van der Waals surface area (Å²) in [5.74, 6) is -0.856. The monoisotopic (exact) mass is 294 g/mol. The molecule has 0 spiro atoms. The lowest BCUT2D eigenvalue weighted by Gasteiger charge is -2.18.